The molecule has 0 radical (unpaired) electrons. The van der Waals surface area contributed by atoms with Gasteiger partial charge in [-0.1, -0.05) is 12.1 Å². The summed E-state index contributed by atoms with van der Waals surface area (Å²) in [6.07, 6.45) is -4.79. The SMILES string of the molecule is NC(=O)CN1C(=O)CSC1c1cccc(OC(F)(F)F)c1. The lowest BCUT2D eigenvalue weighted by molar-refractivity contribution is -0.274. The third-order valence-corrected chi connectivity index (χ3v) is 3.93. The second-order valence-corrected chi connectivity index (χ2v) is 5.34. The van der Waals surface area contributed by atoms with Crippen molar-refractivity contribution in [3.05, 3.63) is 29.8 Å². The molecule has 1 fully saturated rings. The van der Waals surface area contributed by atoms with Crippen molar-refractivity contribution in [2.75, 3.05) is 12.3 Å². The lowest BCUT2D eigenvalue weighted by Crippen LogP contribution is -2.36. The summed E-state index contributed by atoms with van der Waals surface area (Å²) in [6, 6.07) is 5.31. The highest BCUT2D eigenvalue weighted by Gasteiger charge is 2.35. The van der Waals surface area contributed by atoms with Crippen LogP contribution >= 0.6 is 11.8 Å². The van der Waals surface area contributed by atoms with E-state index in [0.717, 1.165) is 6.07 Å². The summed E-state index contributed by atoms with van der Waals surface area (Å²) >= 11 is 1.21. The molecule has 0 aliphatic carbocycles. The van der Waals surface area contributed by atoms with Crippen LogP contribution in [0.3, 0.4) is 0 Å². The van der Waals surface area contributed by atoms with E-state index in [1.54, 1.807) is 6.07 Å². The number of rotatable bonds is 4. The van der Waals surface area contributed by atoms with Crippen LogP contribution in [0.4, 0.5) is 13.2 Å². The molecule has 114 valence electrons. The molecule has 21 heavy (non-hydrogen) atoms. The topological polar surface area (TPSA) is 72.6 Å². The van der Waals surface area contributed by atoms with Gasteiger partial charge >= 0.3 is 6.36 Å². The molecule has 0 spiro atoms. The molecule has 2 amide bonds. The third kappa shape index (κ3) is 4.03. The van der Waals surface area contributed by atoms with Gasteiger partial charge < -0.3 is 15.4 Å². The van der Waals surface area contributed by atoms with Crippen molar-refractivity contribution in [2.45, 2.75) is 11.7 Å². The van der Waals surface area contributed by atoms with E-state index in [1.807, 2.05) is 0 Å². The van der Waals surface area contributed by atoms with Crippen LogP contribution in [0, 0.1) is 0 Å². The predicted octanol–water partition coefficient (Wildman–Crippen LogP) is 1.64. The normalized spacial score (nSPS) is 18.9. The second kappa shape index (κ2) is 5.84. The Morgan fingerprint density at radius 2 is 2.19 bits per heavy atom. The fourth-order valence-corrected chi connectivity index (χ4v) is 3.11. The number of alkyl halides is 3. The van der Waals surface area contributed by atoms with Crippen molar-refractivity contribution in [3.8, 4) is 5.75 Å². The van der Waals surface area contributed by atoms with Gasteiger partial charge in [0.05, 0.1) is 5.75 Å². The van der Waals surface area contributed by atoms with Gasteiger partial charge in [-0.2, -0.15) is 0 Å². The first-order valence-corrected chi connectivity index (χ1v) is 6.86. The van der Waals surface area contributed by atoms with E-state index in [-0.39, 0.29) is 24.0 Å². The number of carbonyl (C=O) groups excluding carboxylic acids is 2. The molecule has 1 aliphatic heterocycles. The Kier molecular flexibility index (Phi) is 4.31. The maximum atomic E-state index is 12.2. The van der Waals surface area contributed by atoms with Crippen molar-refractivity contribution in [3.63, 3.8) is 0 Å². The molecule has 1 aromatic carbocycles. The monoisotopic (exact) mass is 320 g/mol. The molecule has 5 nitrogen and oxygen atoms in total. The first-order valence-electron chi connectivity index (χ1n) is 5.81. The summed E-state index contributed by atoms with van der Waals surface area (Å²) in [5, 5.41) is -0.554. The number of nitrogens with two attached hydrogens (primary N) is 1. The highest BCUT2D eigenvalue weighted by Crippen LogP contribution is 2.39. The summed E-state index contributed by atoms with van der Waals surface area (Å²) in [4.78, 5) is 23.9. The smallest absolute Gasteiger partial charge is 0.406 e. The number of ether oxygens (including phenoxy) is 1. The van der Waals surface area contributed by atoms with E-state index in [0.29, 0.717) is 5.56 Å². The summed E-state index contributed by atoms with van der Waals surface area (Å²) in [5.41, 5.74) is 5.51. The third-order valence-electron chi connectivity index (χ3n) is 2.67. The van der Waals surface area contributed by atoms with Crippen LogP contribution in [0.5, 0.6) is 5.75 Å². The zero-order valence-corrected chi connectivity index (χ0v) is 11.4. The average Bonchev–Trinajstić information content (AvgIpc) is 2.68. The molecule has 1 aromatic rings. The van der Waals surface area contributed by atoms with Crippen LogP contribution in [-0.4, -0.2) is 35.4 Å². The number of nitrogens with zero attached hydrogens (tertiary/aromatic N) is 1. The average molecular weight is 320 g/mol. The molecule has 2 N–H and O–H groups in total. The highest BCUT2D eigenvalue weighted by atomic mass is 32.2. The van der Waals surface area contributed by atoms with Crippen LogP contribution in [0.25, 0.3) is 0 Å². The Morgan fingerprint density at radius 1 is 1.48 bits per heavy atom. The van der Waals surface area contributed by atoms with Crippen molar-refractivity contribution in [1.29, 1.82) is 0 Å². The molecule has 1 aliphatic rings. The molecule has 0 aromatic heterocycles. The largest absolute Gasteiger partial charge is 0.573 e. The van der Waals surface area contributed by atoms with E-state index in [1.165, 1.54) is 28.8 Å². The summed E-state index contributed by atoms with van der Waals surface area (Å²) in [7, 11) is 0. The quantitative estimate of drug-likeness (QED) is 0.915. The van der Waals surface area contributed by atoms with E-state index in [2.05, 4.69) is 4.74 Å². The van der Waals surface area contributed by atoms with Gasteiger partial charge in [-0.15, -0.1) is 24.9 Å². The van der Waals surface area contributed by atoms with Crippen LogP contribution in [0.2, 0.25) is 0 Å². The minimum Gasteiger partial charge on any atom is -0.406 e. The molecule has 1 atom stereocenters. The maximum absolute atomic E-state index is 12.2. The molecular formula is C12H11F3N2O3S. The number of halogens is 3. The van der Waals surface area contributed by atoms with E-state index in [9.17, 15) is 22.8 Å². The minimum absolute atomic E-state index is 0.141. The van der Waals surface area contributed by atoms with Gasteiger partial charge in [-0.25, -0.2) is 0 Å². The number of primary amides is 1. The molecule has 1 unspecified atom stereocenters. The Hall–Kier alpha value is -1.90. The van der Waals surface area contributed by atoms with Crippen LogP contribution in [-0.2, 0) is 9.59 Å². The number of benzene rings is 1. The molecule has 1 saturated heterocycles. The first-order chi connectivity index (χ1) is 9.76. The van der Waals surface area contributed by atoms with Gasteiger partial charge in [-0.3, -0.25) is 9.59 Å². The maximum Gasteiger partial charge on any atom is 0.573 e. The Bertz CT molecular complexity index is 565. The van der Waals surface area contributed by atoms with E-state index < -0.39 is 17.6 Å². The van der Waals surface area contributed by atoms with Gasteiger partial charge in [-0.05, 0) is 17.7 Å². The minimum atomic E-state index is -4.79. The number of thioether (sulfide) groups is 1. The van der Waals surface area contributed by atoms with Gasteiger partial charge in [0, 0.05) is 0 Å². The van der Waals surface area contributed by atoms with Crippen LogP contribution in [0.15, 0.2) is 24.3 Å². The lowest BCUT2D eigenvalue weighted by atomic mass is 10.2. The first kappa shape index (κ1) is 15.5. The van der Waals surface area contributed by atoms with Gasteiger partial charge in [0.2, 0.25) is 11.8 Å². The molecule has 0 saturated carbocycles. The van der Waals surface area contributed by atoms with E-state index >= 15 is 0 Å². The van der Waals surface area contributed by atoms with E-state index in [4.69, 9.17) is 5.73 Å². The molecule has 0 bridgehead atoms. The fraction of sp³-hybridized carbons (Fsp3) is 0.333. The fourth-order valence-electron chi connectivity index (χ4n) is 1.93. The van der Waals surface area contributed by atoms with Gasteiger partial charge in [0.1, 0.15) is 17.7 Å². The second-order valence-electron chi connectivity index (χ2n) is 4.27. The lowest BCUT2D eigenvalue weighted by Gasteiger charge is -2.23. The number of amides is 2. The van der Waals surface area contributed by atoms with Crippen molar-refractivity contribution in [2.24, 2.45) is 5.73 Å². The zero-order valence-electron chi connectivity index (χ0n) is 10.6. The zero-order chi connectivity index (χ0) is 15.6. The highest BCUT2D eigenvalue weighted by molar-refractivity contribution is 8.00. The summed E-state index contributed by atoms with van der Waals surface area (Å²) < 4.78 is 40.5. The Morgan fingerprint density at radius 3 is 2.81 bits per heavy atom. The van der Waals surface area contributed by atoms with Crippen molar-refractivity contribution >= 4 is 23.6 Å². The van der Waals surface area contributed by atoms with Crippen molar-refractivity contribution < 1.29 is 27.5 Å². The molecular weight excluding hydrogens is 309 g/mol. The number of carbonyl (C=O) groups is 2. The Labute approximate surface area is 122 Å². The van der Waals surface area contributed by atoms with Crippen LogP contribution < -0.4 is 10.5 Å². The molecule has 1 heterocycles. The summed E-state index contributed by atoms with van der Waals surface area (Å²) in [5.74, 6) is -1.20. The Balaban J connectivity index is 2.22. The number of hydrogen-bond donors (Lipinski definition) is 1. The molecule has 2 rings (SSSR count). The number of hydrogen-bond acceptors (Lipinski definition) is 4. The predicted molar refractivity (Wildman–Crippen MR) is 69.2 cm³/mol. The van der Waals surface area contributed by atoms with Gasteiger partial charge in [0.25, 0.3) is 0 Å². The van der Waals surface area contributed by atoms with Gasteiger partial charge in [0.15, 0.2) is 0 Å². The van der Waals surface area contributed by atoms with Crippen molar-refractivity contribution in [1.82, 2.24) is 4.90 Å². The van der Waals surface area contributed by atoms with Crippen LogP contribution in [0.1, 0.15) is 10.9 Å². The molecule has 9 heteroatoms. The standard InChI is InChI=1S/C12H11F3N2O3S/c13-12(14,15)20-8-3-1-2-7(4-8)11-17(5-9(16)18)10(19)6-21-11/h1-4,11H,5-6H2,(H2,16,18). The summed E-state index contributed by atoms with van der Waals surface area (Å²) in [6.45, 7) is -0.277.